The molecule has 4 rings (SSSR count). The fourth-order valence-corrected chi connectivity index (χ4v) is 5.18. The number of hydrogen-bond donors (Lipinski definition) is 1. The van der Waals surface area contributed by atoms with Crippen LogP contribution in [0, 0.1) is 0 Å². The molecule has 9 heteroatoms. The molecule has 7 nitrogen and oxygen atoms in total. The highest BCUT2D eigenvalue weighted by Crippen LogP contribution is 2.21. The predicted octanol–water partition coefficient (Wildman–Crippen LogP) is 5.37. The molecule has 0 aliphatic carbocycles. The van der Waals surface area contributed by atoms with Crippen LogP contribution in [0.25, 0.3) is 0 Å². The van der Waals surface area contributed by atoms with Gasteiger partial charge in [0.1, 0.15) is 12.4 Å². The molecule has 194 valence electrons. The van der Waals surface area contributed by atoms with Gasteiger partial charge in [0, 0.05) is 11.0 Å². The van der Waals surface area contributed by atoms with Gasteiger partial charge in [-0.25, -0.2) is 13.8 Å². The van der Waals surface area contributed by atoms with E-state index in [1.54, 1.807) is 12.1 Å². The maximum Gasteiger partial charge on any atom is 0.255 e. The second kappa shape index (κ2) is 13.1. The van der Waals surface area contributed by atoms with E-state index in [1.165, 1.54) is 18.3 Å². The van der Waals surface area contributed by atoms with Crippen LogP contribution >= 0.6 is 15.9 Å². The van der Waals surface area contributed by atoms with Crippen LogP contribution in [0.15, 0.2) is 124 Å². The third-order valence-electron chi connectivity index (χ3n) is 5.50. The normalized spacial score (nSPS) is 11.5. The summed E-state index contributed by atoms with van der Waals surface area (Å²) in [4.78, 5) is 12.8. The number of hydrazone groups is 1. The largest absolute Gasteiger partial charge is 0.489 e. The molecule has 4 aromatic rings. The second-order valence-electron chi connectivity index (χ2n) is 8.35. The Morgan fingerprint density at radius 3 is 2.08 bits per heavy atom. The van der Waals surface area contributed by atoms with Gasteiger partial charge >= 0.3 is 0 Å². The lowest BCUT2D eigenvalue weighted by atomic mass is 10.2. The van der Waals surface area contributed by atoms with Crippen LogP contribution in [0.2, 0.25) is 0 Å². The van der Waals surface area contributed by atoms with Crippen molar-refractivity contribution in [2.75, 3.05) is 6.54 Å². The number of rotatable bonds is 11. The number of nitrogens with zero attached hydrogens (tertiary/aromatic N) is 2. The molecule has 0 radical (unpaired) electrons. The molecule has 0 aliphatic rings. The molecule has 0 atom stereocenters. The molecule has 0 aromatic heterocycles. The van der Waals surface area contributed by atoms with Crippen molar-refractivity contribution in [3.63, 3.8) is 0 Å². The predicted molar refractivity (Wildman–Crippen MR) is 151 cm³/mol. The molecule has 1 N–H and O–H groups in total. The summed E-state index contributed by atoms with van der Waals surface area (Å²) in [6.45, 7) is 0.116. The van der Waals surface area contributed by atoms with Crippen LogP contribution in [0.4, 0.5) is 0 Å². The van der Waals surface area contributed by atoms with Crippen molar-refractivity contribution in [1.29, 1.82) is 0 Å². The third-order valence-corrected chi connectivity index (χ3v) is 7.84. The Hall–Kier alpha value is -3.79. The molecule has 4 aromatic carbocycles. The smallest absolute Gasteiger partial charge is 0.255 e. The van der Waals surface area contributed by atoms with Crippen LogP contribution < -0.4 is 10.2 Å². The number of nitrogens with one attached hydrogen (secondary N) is 1. The Kier molecular flexibility index (Phi) is 9.42. The average Bonchev–Trinajstić information content (AvgIpc) is 2.93. The highest BCUT2D eigenvalue weighted by atomic mass is 79.9. The van der Waals surface area contributed by atoms with Gasteiger partial charge in [0.2, 0.25) is 10.0 Å². The van der Waals surface area contributed by atoms with E-state index < -0.39 is 22.5 Å². The molecular weight excluding hydrogens is 566 g/mol. The van der Waals surface area contributed by atoms with Crippen LogP contribution in [0.1, 0.15) is 16.7 Å². The van der Waals surface area contributed by atoms with E-state index >= 15 is 0 Å². The van der Waals surface area contributed by atoms with E-state index in [0.717, 1.165) is 25.5 Å². The first-order valence-corrected chi connectivity index (χ1v) is 14.0. The lowest BCUT2D eigenvalue weighted by Gasteiger charge is -2.21. The minimum Gasteiger partial charge on any atom is -0.489 e. The summed E-state index contributed by atoms with van der Waals surface area (Å²) < 4.78 is 34.3. The van der Waals surface area contributed by atoms with Gasteiger partial charge in [0.15, 0.2) is 0 Å². The molecule has 1 amide bonds. The van der Waals surface area contributed by atoms with E-state index in [-0.39, 0.29) is 11.4 Å². The van der Waals surface area contributed by atoms with E-state index in [2.05, 4.69) is 26.5 Å². The van der Waals surface area contributed by atoms with Gasteiger partial charge in [-0.3, -0.25) is 4.79 Å². The number of benzene rings is 4. The number of ether oxygens (including phenoxy) is 1. The SMILES string of the molecule is O=C(CN(Cc1ccccc1)S(=O)(=O)c1ccc(Br)cc1)N/N=C\c1ccc(OCc2ccccc2)cc1. The number of sulfonamides is 1. The van der Waals surface area contributed by atoms with Gasteiger partial charge in [-0.2, -0.15) is 9.41 Å². The number of carbonyl (C=O) groups is 1. The second-order valence-corrected chi connectivity index (χ2v) is 11.2. The van der Waals surface area contributed by atoms with Crippen LogP contribution in [-0.2, 0) is 28.0 Å². The van der Waals surface area contributed by atoms with Crippen molar-refractivity contribution < 1.29 is 17.9 Å². The van der Waals surface area contributed by atoms with Crippen molar-refractivity contribution in [3.05, 3.63) is 130 Å². The van der Waals surface area contributed by atoms with Gasteiger partial charge < -0.3 is 4.74 Å². The molecule has 0 bridgehead atoms. The van der Waals surface area contributed by atoms with E-state index in [4.69, 9.17) is 4.74 Å². The highest BCUT2D eigenvalue weighted by molar-refractivity contribution is 9.10. The first-order chi connectivity index (χ1) is 18.4. The number of halogens is 1. The molecule has 0 heterocycles. The van der Waals surface area contributed by atoms with Crippen molar-refractivity contribution in [3.8, 4) is 5.75 Å². The topological polar surface area (TPSA) is 88.1 Å². The molecular formula is C29H26BrN3O4S. The number of hydrogen-bond acceptors (Lipinski definition) is 5. The maximum absolute atomic E-state index is 13.3. The zero-order valence-corrected chi connectivity index (χ0v) is 22.8. The third kappa shape index (κ3) is 7.85. The Morgan fingerprint density at radius 2 is 1.45 bits per heavy atom. The van der Waals surface area contributed by atoms with Crippen molar-refractivity contribution in [1.82, 2.24) is 9.73 Å². The molecule has 38 heavy (non-hydrogen) atoms. The molecule has 0 saturated carbocycles. The van der Waals surface area contributed by atoms with Crippen molar-refractivity contribution >= 4 is 38.1 Å². The first kappa shape index (κ1) is 27.3. The summed E-state index contributed by atoms with van der Waals surface area (Å²) in [5, 5.41) is 4.00. The van der Waals surface area contributed by atoms with E-state index in [1.807, 2.05) is 84.9 Å². The lowest BCUT2D eigenvalue weighted by Crippen LogP contribution is -2.39. The average molecular weight is 593 g/mol. The fraction of sp³-hybridized carbons (Fsp3) is 0.103. The number of amides is 1. The Bertz CT molecular complexity index is 1460. The van der Waals surface area contributed by atoms with Crippen LogP contribution in [0.5, 0.6) is 5.75 Å². The summed E-state index contributed by atoms with van der Waals surface area (Å²) in [6.07, 6.45) is 1.49. The zero-order chi connectivity index (χ0) is 26.8. The molecule has 0 fully saturated rings. The Labute approximate surface area is 231 Å². The van der Waals surface area contributed by atoms with Gasteiger partial charge in [-0.1, -0.05) is 76.6 Å². The van der Waals surface area contributed by atoms with E-state index in [0.29, 0.717) is 12.4 Å². The monoisotopic (exact) mass is 591 g/mol. The summed E-state index contributed by atoms with van der Waals surface area (Å²) in [5.41, 5.74) is 5.01. The summed E-state index contributed by atoms with van der Waals surface area (Å²) in [5.74, 6) is 0.158. The highest BCUT2D eigenvalue weighted by Gasteiger charge is 2.27. The standard InChI is InChI=1S/C29H26BrN3O4S/c30-26-13-17-28(18-14-26)38(35,36)33(20-24-7-3-1-4-8-24)21-29(34)32-31-19-23-11-15-27(16-12-23)37-22-25-9-5-2-6-10-25/h1-19H,20-22H2,(H,32,34)/b31-19-. The summed E-state index contributed by atoms with van der Waals surface area (Å²) in [6, 6.07) is 32.6. The summed E-state index contributed by atoms with van der Waals surface area (Å²) in [7, 11) is -3.93. The fourth-order valence-electron chi connectivity index (χ4n) is 3.53. The van der Waals surface area contributed by atoms with Crippen LogP contribution in [0.3, 0.4) is 0 Å². The summed E-state index contributed by atoms with van der Waals surface area (Å²) >= 11 is 3.32. The van der Waals surface area contributed by atoms with Gasteiger partial charge in [-0.05, 0) is 65.2 Å². The zero-order valence-electron chi connectivity index (χ0n) is 20.4. The molecule has 0 aliphatic heterocycles. The maximum atomic E-state index is 13.3. The molecule has 0 spiro atoms. The first-order valence-electron chi connectivity index (χ1n) is 11.8. The minimum atomic E-state index is -3.93. The molecule has 0 saturated heterocycles. The van der Waals surface area contributed by atoms with Crippen molar-refractivity contribution in [2.24, 2.45) is 5.10 Å². The minimum absolute atomic E-state index is 0.0425. The lowest BCUT2D eigenvalue weighted by molar-refractivity contribution is -0.121. The molecule has 0 unspecified atom stereocenters. The van der Waals surface area contributed by atoms with Gasteiger partial charge in [0.05, 0.1) is 17.7 Å². The Balaban J connectivity index is 1.38. The van der Waals surface area contributed by atoms with Crippen molar-refractivity contribution in [2.45, 2.75) is 18.0 Å². The van der Waals surface area contributed by atoms with E-state index in [9.17, 15) is 13.2 Å². The Morgan fingerprint density at radius 1 is 0.842 bits per heavy atom. The van der Waals surface area contributed by atoms with Gasteiger partial charge in [-0.15, -0.1) is 0 Å². The quantitative estimate of drug-likeness (QED) is 0.188. The van der Waals surface area contributed by atoms with Crippen LogP contribution in [-0.4, -0.2) is 31.4 Å². The van der Waals surface area contributed by atoms with Gasteiger partial charge in [0.25, 0.3) is 5.91 Å². The number of carbonyl (C=O) groups excluding carboxylic acids is 1.